The van der Waals surface area contributed by atoms with Gasteiger partial charge in [0.25, 0.3) is 5.91 Å². The highest BCUT2D eigenvalue weighted by Gasteiger charge is 2.34. The monoisotopic (exact) mass is 393 g/mol. The van der Waals surface area contributed by atoms with E-state index in [2.05, 4.69) is 4.74 Å². The number of carbonyl (C=O) groups is 2. The molecule has 2 saturated heterocycles. The van der Waals surface area contributed by atoms with E-state index in [9.17, 15) is 9.59 Å². The molecule has 1 atom stereocenters. The Labute approximate surface area is 161 Å². The van der Waals surface area contributed by atoms with Crippen LogP contribution in [-0.4, -0.2) is 54.1 Å². The summed E-state index contributed by atoms with van der Waals surface area (Å²) in [6, 6.07) is 7.19. The number of rotatable bonds is 6. The molecule has 0 aromatic heterocycles. The molecule has 0 saturated carbocycles. The number of para-hydroxylation sites is 1. The fourth-order valence-corrected chi connectivity index (χ4v) is 3.98. The highest BCUT2D eigenvalue weighted by Crippen LogP contribution is 2.35. The van der Waals surface area contributed by atoms with E-state index < -0.39 is 5.97 Å². The van der Waals surface area contributed by atoms with Crippen LogP contribution in [0.15, 0.2) is 29.2 Å². The van der Waals surface area contributed by atoms with Crippen LogP contribution in [0.4, 0.5) is 0 Å². The lowest BCUT2D eigenvalue weighted by Crippen LogP contribution is -2.35. The number of thiocarbonyl (C=S) groups is 1. The molecule has 6 nitrogen and oxygen atoms in total. The predicted molar refractivity (Wildman–Crippen MR) is 103 cm³/mol. The van der Waals surface area contributed by atoms with Gasteiger partial charge in [-0.15, -0.1) is 0 Å². The van der Waals surface area contributed by atoms with E-state index in [0.29, 0.717) is 27.1 Å². The number of hydrogen-bond acceptors (Lipinski definition) is 7. The summed E-state index contributed by atoms with van der Waals surface area (Å²) in [6.07, 6.45) is 3.74. The molecule has 26 heavy (non-hydrogen) atoms. The Morgan fingerprint density at radius 3 is 3.00 bits per heavy atom. The average Bonchev–Trinajstić information content (AvgIpc) is 3.25. The molecule has 8 heteroatoms. The molecule has 138 valence electrons. The number of benzene rings is 1. The zero-order valence-corrected chi connectivity index (χ0v) is 15.9. The van der Waals surface area contributed by atoms with Crippen molar-refractivity contribution in [1.82, 2.24) is 4.90 Å². The topological polar surface area (TPSA) is 65.1 Å². The Morgan fingerprint density at radius 2 is 2.27 bits per heavy atom. The number of methoxy groups -OCH3 is 1. The van der Waals surface area contributed by atoms with Gasteiger partial charge in [-0.1, -0.05) is 42.2 Å². The van der Waals surface area contributed by atoms with Crippen LogP contribution in [0.2, 0.25) is 0 Å². The molecule has 0 N–H and O–H groups in total. The van der Waals surface area contributed by atoms with Crippen LogP contribution in [0, 0.1) is 0 Å². The van der Waals surface area contributed by atoms with Crippen molar-refractivity contribution in [3.8, 4) is 5.75 Å². The highest BCUT2D eigenvalue weighted by molar-refractivity contribution is 8.26. The molecule has 0 unspecified atom stereocenters. The molecule has 2 heterocycles. The maximum absolute atomic E-state index is 12.7. The minimum absolute atomic E-state index is 0.0486. The van der Waals surface area contributed by atoms with Crippen molar-refractivity contribution < 1.29 is 23.8 Å². The summed E-state index contributed by atoms with van der Waals surface area (Å²) in [5.41, 5.74) is 0.703. The summed E-state index contributed by atoms with van der Waals surface area (Å²) in [4.78, 5) is 26.1. The lowest BCUT2D eigenvalue weighted by molar-refractivity contribution is -0.142. The van der Waals surface area contributed by atoms with Crippen LogP contribution < -0.4 is 4.74 Å². The number of hydrogen-bond donors (Lipinski definition) is 0. The zero-order chi connectivity index (χ0) is 18.5. The smallest absolute Gasteiger partial charge is 0.343 e. The number of ether oxygens (including phenoxy) is 3. The van der Waals surface area contributed by atoms with E-state index in [1.807, 2.05) is 12.1 Å². The average molecular weight is 393 g/mol. The first-order chi connectivity index (χ1) is 12.6. The van der Waals surface area contributed by atoms with Gasteiger partial charge in [0.15, 0.2) is 6.61 Å². The molecule has 3 rings (SSSR count). The summed E-state index contributed by atoms with van der Waals surface area (Å²) >= 11 is 6.62. The Kier molecular flexibility index (Phi) is 6.29. The van der Waals surface area contributed by atoms with Crippen molar-refractivity contribution in [1.29, 1.82) is 0 Å². The third kappa shape index (κ3) is 4.44. The lowest BCUT2D eigenvalue weighted by Gasteiger charge is -2.18. The van der Waals surface area contributed by atoms with Crippen molar-refractivity contribution in [3.05, 3.63) is 34.7 Å². The predicted octanol–water partition coefficient (Wildman–Crippen LogP) is 2.62. The van der Waals surface area contributed by atoms with E-state index in [0.717, 1.165) is 19.4 Å². The molecule has 0 radical (unpaired) electrons. The second-order valence-corrected chi connectivity index (χ2v) is 7.51. The van der Waals surface area contributed by atoms with E-state index in [-0.39, 0.29) is 18.6 Å². The third-order valence-corrected chi connectivity index (χ3v) is 5.44. The van der Waals surface area contributed by atoms with E-state index in [1.54, 1.807) is 23.1 Å². The van der Waals surface area contributed by atoms with Crippen LogP contribution in [0.1, 0.15) is 18.4 Å². The van der Waals surface area contributed by atoms with Gasteiger partial charge in [-0.3, -0.25) is 9.69 Å². The molecule has 1 aromatic carbocycles. The molecule has 0 aliphatic carbocycles. The fourth-order valence-electron chi connectivity index (χ4n) is 2.72. The fraction of sp³-hybridized carbons (Fsp3) is 0.389. The summed E-state index contributed by atoms with van der Waals surface area (Å²) in [6.45, 7) is 1.03. The van der Waals surface area contributed by atoms with Crippen LogP contribution in [0.25, 0.3) is 6.08 Å². The molecule has 2 aliphatic rings. The first-order valence-electron chi connectivity index (χ1n) is 8.24. The molecular formula is C18H19NO5S2. The van der Waals surface area contributed by atoms with Crippen molar-refractivity contribution in [2.24, 2.45) is 0 Å². The van der Waals surface area contributed by atoms with Gasteiger partial charge in [-0.05, 0) is 25.0 Å². The molecule has 0 spiro atoms. The maximum Gasteiger partial charge on any atom is 0.343 e. The van der Waals surface area contributed by atoms with Crippen molar-refractivity contribution >= 4 is 46.3 Å². The highest BCUT2D eigenvalue weighted by atomic mass is 32.2. The van der Waals surface area contributed by atoms with Gasteiger partial charge in [0, 0.05) is 12.2 Å². The molecule has 2 fully saturated rings. The van der Waals surface area contributed by atoms with E-state index >= 15 is 0 Å². The molecule has 0 bridgehead atoms. The van der Waals surface area contributed by atoms with Gasteiger partial charge in [0.2, 0.25) is 0 Å². The van der Waals surface area contributed by atoms with Crippen molar-refractivity contribution in [2.45, 2.75) is 18.9 Å². The summed E-state index contributed by atoms with van der Waals surface area (Å²) in [5.74, 6) is -0.0942. The second-order valence-electron chi connectivity index (χ2n) is 5.83. The van der Waals surface area contributed by atoms with Crippen LogP contribution in [0.3, 0.4) is 0 Å². The van der Waals surface area contributed by atoms with Crippen LogP contribution in [0.5, 0.6) is 5.75 Å². The quantitative estimate of drug-likeness (QED) is 0.418. The molecule has 1 amide bonds. The van der Waals surface area contributed by atoms with E-state index in [4.69, 9.17) is 21.7 Å². The van der Waals surface area contributed by atoms with Crippen LogP contribution >= 0.6 is 24.0 Å². The normalized spacial score (nSPS) is 21.5. The Balaban J connectivity index is 1.74. The summed E-state index contributed by atoms with van der Waals surface area (Å²) < 4.78 is 16.2. The Bertz CT molecular complexity index is 743. The van der Waals surface area contributed by atoms with Gasteiger partial charge in [-0.2, -0.15) is 0 Å². The Morgan fingerprint density at radius 1 is 1.46 bits per heavy atom. The summed E-state index contributed by atoms with van der Waals surface area (Å²) in [7, 11) is 1.30. The number of thioether (sulfide) groups is 1. The SMILES string of the molecule is COC(=O)COc1ccccc1/C=C1\SC(=S)N(C[C@H]2CCCO2)C1=O. The minimum atomic E-state index is -0.470. The van der Waals surface area contributed by atoms with Crippen molar-refractivity contribution in [2.75, 3.05) is 26.9 Å². The number of amides is 1. The number of nitrogens with zero attached hydrogens (tertiary/aromatic N) is 1. The van der Waals surface area contributed by atoms with Gasteiger partial charge in [0.1, 0.15) is 10.1 Å². The first-order valence-corrected chi connectivity index (χ1v) is 9.46. The van der Waals surface area contributed by atoms with Gasteiger partial charge < -0.3 is 14.2 Å². The number of esters is 1. The molecule has 2 aliphatic heterocycles. The molecule has 1 aromatic rings. The number of carbonyl (C=O) groups excluding carboxylic acids is 2. The maximum atomic E-state index is 12.7. The van der Waals surface area contributed by atoms with Gasteiger partial charge >= 0.3 is 5.97 Å². The second kappa shape index (κ2) is 8.66. The Hall–Kier alpha value is -1.90. The first kappa shape index (κ1) is 18.9. The third-order valence-electron chi connectivity index (χ3n) is 4.06. The largest absolute Gasteiger partial charge is 0.481 e. The lowest BCUT2D eigenvalue weighted by atomic mass is 10.2. The van der Waals surface area contributed by atoms with Gasteiger partial charge in [-0.25, -0.2) is 4.79 Å². The van der Waals surface area contributed by atoms with Gasteiger partial charge in [0.05, 0.1) is 24.7 Å². The minimum Gasteiger partial charge on any atom is -0.481 e. The van der Waals surface area contributed by atoms with E-state index in [1.165, 1.54) is 18.9 Å². The van der Waals surface area contributed by atoms with Crippen LogP contribution in [-0.2, 0) is 19.1 Å². The molecular weight excluding hydrogens is 374 g/mol. The summed E-state index contributed by atoms with van der Waals surface area (Å²) in [5, 5.41) is 0. The van der Waals surface area contributed by atoms with Crippen molar-refractivity contribution in [3.63, 3.8) is 0 Å². The zero-order valence-electron chi connectivity index (χ0n) is 14.3. The standard InChI is InChI=1S/C18H19NO5S2/c1-22-16(20)11-24-14-7-3-2-5-12(14)9-15-17(21)19(18(25)26-15)10-13-6-4-8-23-13/h2-3,5,7,9,13H,4,6,8,10-11H2,1H3/b15-9-/t13-/m1/s1.